The van der Waals surface area contributed by atoms with Crippen molar-refractivity contribution in [2.24, 2.45) is 0 Å². The molecule has 6 nitrogen and oxygen atoms in total. The maximum absolute atomic E-state index is 12.2. The van der Waals surface area contributed by atoms with Crippen molar-refractivity contribution in [3.63, 3.8) is 0 Å². The van der Waals surface area contributed by atoms with E-state index in [1.54, 1.807) is 24.3 Å². The average molecular weight is 366 g/mol. The second kappa shape index (κ2) is 10.5. The zero-order chi connectivity index (χ0) is 17.4. The van der Waals surface area contributed by atoms with E-state index in [9.17, 15) is 9.59 Å². The molecule has 1 aromatic heterocycles. The van der Waals surface area contributed by atoms with Crippen molar-refractivity contribution in [3.05, 3.63) is 53.5 Å². The van der Waals surface area contributed by atoms with E-state index in [0.717, 1.165) is 25.1 Å². The van der Waals surface area contributed by atoms with Crippen LogP contribution in [0.15, 0.2) is 41.0 Å². The van der Waals surface area contributed by atoms with Gasteiger partial charge in [0.1, 0.15) is 0 Å². The molecule has 0 saturated heterocycles. The smallest absolute Gasteiger partial charge is 0.291 e. The predicted molar refractivity (Wildman–Crippen MR) is 101 cm³/mol. The Bertz CT molecular complexity index is 687. The van der Waals surface area contributed by atoms with Crippen LogP contribution in [-0.4, -0.2) is 31.4 Å². The highest BCUT2D eigenvalue weighted by atomic mass is 35.5. The van der Waals surface area contributed by atoms with Crippen LogP contribution in [-0.2, 0) is 0 Å². The van der Waals surface area contributed by atoms with Gasteiger partial charge in [-0.2, -0.15) is 0 Å². The summed E-state index contributed by atoms with van der Waals surface area (Å²) in [5, 5.41) is 8.84. The third-order valence-corrected chi connectivity index (χ3v) is 3.51. The number of furan rings is 1. The molecule has 0 bridgehead atoms. The fraction of sp³-hybridized carbons (Fsp3) is 0.333. The van der Waals surface area contributed by atoms with Crippen LogP contribution in [0, 0.1) is 6.92 Å². The summed E-state index contributed by atoms with van der Waals surface area (Å²) < 4.78 is 5.07. The van der Waals surface area contributed by atoms with Gasteiger partial charge in [0.15, 0.2) is 5.76 Å². The van der Waals surface area contributed by atoms with E-state index in [2.05, 4.69) is 22.9 Å². The molecule has 1 aromatic carbocycles. The molecule has 0 aliphatic carbocycles. The van der Waals surface area contributed by atoms with Gasteiger partial charge in [0.05, 0.1) is 6.26 Å². The summed E-state index contributed by atoms with van der Waals surface area (Å²) in [6.07, 6.45) is 2.50. The Morgan fingerprint density at radius 2 is 1.88 bits per heavy atom. The Morgan fingerprint density at radius 3 is 2.56 bits per heavy atom. The van der Waals surface area contributed by atoms with E-state index in [4.69, 9.17) is 4.42 Å². The van der Waals surface area contributed by atoms with E-state index in [0.29, 0.717) is 17.8 Å². The summed E-state index contributed by atoms with van der Waals surface area (Å²) in [6, 6.07) is 8.46. The maximum Gasteiger partial charge on any atom is 0.291 e. The number of amides is 2. The third-order valence-electron chi connectivity index (χ3n) is 3.51. The summed E-state index contributed by atoms with van der Waals surface area (Å²) in [4.78, 5) is 24.3. The van der Waals surface area contributed by atoms with Crippen molar-refractivity contribution >= 4 is 29.9 Å². The molecule has 2 aromatic rings. The number of halogens is 1. The predicted octanol–water partition coefficient (Wildman–Crippen LogP) is 2.99. The van der Waals surface area contributed by atoms with Crippen molar-refractivity contribution in [1.29, 1.82) is 0 Å². The molecule has 3 N–H and O–H groups in total. The van der Waals surface area contributed by atoms with Gasteiger partial charge in [-0.3, -0.25) is 9.59 Å². The Kier molecular flexibility index (Phi) is 8.74. The molecular formula is C18H24ClN3O3. The topological polar surface area (TPSA) is 83.4 Å². The van der Waals surface area contributed by atoms with E-state index in [-0.39, 0.29) is 30.0 Å². The molecule has 136 valence electrons. The summed E-state index contributed by atoms with van der Waals surface area (Å²) in [5.74, 6) is -0.280. The molecule has 0 unspecified atom stereocenters. The minimum atomic E-state index is -0.343. The summed E-state index contributed by atoms with van der Waals surface area (Å²) >= 11 is 0. The summed E-state index contributed by atoms with van der Waals surface area (Å²) in [7, 11) is 0. The number of carbonyl (C=O) groups excluding carboxylic acids is 2. The van der Waals surface area contributed by atoms with Crippen LogP contribution >= 0.6 is 12.4 Å². The van der Waals surface area contributed by atoms with Crippen LogP contribution in [0.25, 0.3) is 0 Å². The first-order valence-corrected chi connectivity index (χ1v) is 8.06. The van der Waals surface area contributed by atoms with Gasteiger partial charge in [-0.25, -0.2) is 0 Å². The quantitative estimate of drug-likeness (QED) is 0.628. The lowest BCUT2D eigenvalue weighted by Crippen LogP contribution is -2.32. The number of rotatable bonds is 8. The zero-order valence-corrected chi connectivity index (χ0v) is 15.2. The zero-order valence-electron chi connectivity index (χ0n) is 14.4. The first-order valence-electron chi connectivity index (χ1n) is 8.06. The van der Waals surface area contributed by atoms with Gasteiger partial charge in [0, 0.05) is 24.3 Å². The number of hydrogen-bond acceptors (Lipinski definition) is 4. The standard InChI is InChI=1S/C18H23N3O3.ClH/c1-3-8-19-9-10-20-17(22)14-7-6-13(2)15(12-14)21-18(23)16-5-4-11-24-16;/h4-7,11-12,19H,3,8-10H2,1-2H3,(H,20,22)(H,21,23);1H. The lowest BCUT2D eigenvalue weighted by molar-refractivity contribution is 0.0951. The van der Waals surface area contributed by atoms with Crippen LogP contribution in [0.3, 0.4) is 0 Å². The maximum atomic E-state index is 12.2. The normalized spacial score (nSPS) is 10.0. The van der Waals surface area contributed by atoms with Crippen molar-refractivity contribution < 1.29 is 14.0 Å². The minimum absolute atomic E-state index is 0. The van der Waals surface area contributed by atoms with E-state index >= 15 is 0 Å². The second-order valence-corrected chi connectivity index (χ2v) is 5.47. The van der Waals surface area contributed by atoms with Crippen LogP contribution in [0.5, 0.6) is 0 Å². The van der Waals surface area contributed by atoms with Crippen molar-refractivity contribution in [3.8, 4) is 0 Å². The van der Waals surface area contributed by atoms with Crippen molar-refractivity contribution in [1.82, 2.24) is 10.6 Å². The number of nitrogens with one attached hydrogen (secondary N) is 3. The van der Waals surface area contributed by atoms with E-state index in [1.807, 2.05) is 13.0 Å². The molecule has 0 aliphatic rings. The Balaban J connectivity index is 0.00000312. The number of anilines is 1. The van der Waals surface area contributed by atoms with Crippen LogP contribution in [0.1, 0.15) is 39.8 Å². The van der Waals surface area contributed by atoms with Gasteiger partial charge in [-0.1, -0.05) is 13.0 Å². The minimum Gasteiger partial charge on any atom is -0.459 e. The third kappa shape index (κ3) is 6.25. The molecule has 0 spiro atoms. The van der Waals surface area contributed by atoms with Crippen LogP contribution in [0.2, 0.25) is 0 Å². The monoisotopic (exact) mass is 365 g/mol. The fourth-order valence-electron chi connectivity index (χ4n) is 2.16. The van der Waals surface area contributed by atoms with E-state index in [1.165, 1.54) is 6.26 Å². The molecule has 0 fully saturated rings. The average Bonchev–Trinajstić information content (AvgIpc) is 3.11. The largest absolute Gasteiger partial charge is 0.459 e. The molecule has 0 radical (unpaired) electrons. The highest BCUT2D eigenvalue weighted by Gasteiger charge is 2.12. The molecule has 2 rings (SSSR count). The molecule has 2 amide bonds. The Morgan fingerprint density at radius 1 is 1.08 bits per heavy atom. The molecule has 0 aliphatic heterocycles. The fourth-order valence-corrected chi connectivity index (χ4v) is 2.16. The molecule has 0 saturated carbocycles. The van der Waals surface area contributed by atoms with Gasteiger partial charge in [0.2, 0.25) is 0 Å². The Labute approximate surface area is 153 Å². The lowest BCUT2D eigenvalue weighted by Gasteiger charge is -2.10. The van der Waals surface area contributed by atoms with Gasteiger partial charge in [0.25, 0.3) is 11.8 Å². The highest BCUT2D eigenvalue weighted by Crippen LogP contribution is 2.18. The molecular weight excluding hydrogens is 342 g/mol. The SMILES string of the molecule is CCCNCCNC(=O)c1ccc(C)c(NC(=O)c2ccco2)c1.Cl. The van der Waals surface area contributed by atoms with Gasteiger partial charge < -0.3 is 20.4 Å². The molecule has 7 heteroatoms. The second-order valence-electron chi connectivity index (χ2n) is 5.47. The Hall–Kier alpha value is -2.31. The number of hydrogen-bond donors (Lipinski definition) is 3. The first-order chi connectivity index (χ1) is 11.6. The van der Waals surface area contributed by atoms with Gasteiger partial charge in [-0.05, 0) is 49.7 Å². The molecule has 25 heavy (non-hydrogen) atoms. The number of benzene rings is 1. The molecule has 0 atom stereocenters. The highest BCUT2D eigenvalue weighted by molar-refractivity contribution is 6.03. The molecule has 1 heterocycles. The number of carbonyl (C=O) groups is 2. The van der Waals surface area contributed by atoms with E-state index < -0.39 is 0 Å². The van der Waals surface area contributed by atoms with Crippen LogP contribution in [0.4, 0.5) is 5.69 Å². The van der Waals surface area contributed by atoms with Crippen LogP contribution < -0.4 is 16.0 Å². The lowest BCUT2D eigenvalue weighted by atomic mass is 10.1. The first kappa shape index (κ1) is 20.7. The number of aryl methyl sites for hydroxylation is 1. The summed E-state index contributed by atoms with van der Waals surface area (Å²) in [6.45, 7) is 6.18. The van der Waals surface area contributed by atoms with Crippen molar-refractivity contribution in [2.75, 3.05) is 25.0 Å². The van der Waals surface area contributed by atoms with Gasteiger partial charge >= 0.3 is 0 Å². The summed E-state index contributed by atoms with van der Waals surface area (Å²) in [5.41, 5.74) is 1.97. The van der Waals surface area contributed by atoms with Gasteiger partial charge in [-0.15, -0.1) is 12.4 Å². The van der Waals surface area contributed by atoms with Crippen molar-refractivity contribution in [2.45, 2.75) is 20.3 Å².